The van der Waals surface area contributed by atoms with E-state index in [4.69, 9.17) is 0 Å². The lowest BCUT2D eigenvalue weighted by molar-refractivity contribution is -0.138. The minimum atomic E-state index is -3.80. The number of carboxylic acids is 1. The number of aromatic hydroxyl groups is 1. The summed E-state index contributed by atoms with van der Waals surface area (Å²) in [6, 6.07) is 11.7. The highest BCUT2D eigenvalue weighted by molar-refractivity contribution is 7.88. The van der Waals surface area contributed by atoms with Crippen LogP contribution in [0.4, 0.5) is 0 Å². The fourth-order valence-corrected chi connectivity index (χ4v) is 3.65. The zero-order chi connectivity index (χ0) is 17.7. The van der Waals surface area contributed by atoms with E-state index in [1.807, 2.05) is 13.0 Å². The Morgan fingerprint density at radius 1 is 1.12 bits per heavy atom. The second kappa shape index (κ2) is 7.46. The molecule has 0 unspecified atom stereocenters. The van der Waals surface area contributed by atoms with Gasteiger partial charge in [0, 0.05) is 0 Å². The van der Waals surface area contributed by atoms with Crippen LogP contribution in [-0.4, -0.2) is 30.6 Å². The van der Waals surface area contributed by atoms with Crippen molar-refractivity contribution >= 4 is 16.0 Å². The minimum Gasteiger partial charge on any atom is -0.508 e. The Hall–Kier alpha value is -2.38. The first kappa shape index (κ1) is 18.0. The maximum atomic E-state index is 12.3. The zero-order valence-corrected chi connectivity index (χ0v) is 14.0. The molecule has 0 fully saturated rings. The summed E-state index contributed by atoms with van der Waals surface area (Å²) in [6.45, 7) is 1.86. The van der Waals surface area contributed by atoms with E-state index < -0.39 is 22.0 Å². The molecule has 0 saturated heterocycles. The standard InChI is InChI=1S/C17H19NO5S/c1-12-3-2-4-14(9-12)11-24(22,23)18-16(17(20)21)10-13-5-7-15(19)8-6-13/h2-9,16,18-19H,10-11H2,1H3,(H,20,21)/t16-/m0/s1. The number of aryl methyl sites for hydroxylation is 1. The number of aliphatic carboxylic acids is 1. The number of carbonyl (C=O) groups is 1. The second-order valence-electron chi connectivity index (χ2n) is 5.63. The lowest BCUT2D eigenvalue weighted by Gasteiger charge is -2.15. The molecule has 0 bridgehead atoms. The van der Waals surface area contributed by atoms with Crippen molar-refractivity contribution in [1.29, 1.82) is 0 Å². The molecule has 0 radical (unpaired) electrons. The maximum absolute atomic E-state index is 12.3. The van der Waals surface area contributed by atoms with Crippen molar-refractivity contribution in [2.75, 3.05) is 0 Å². The topological polar surface area (TPSA) is 104 Å². The molecule has 0 aliphatic rings. The van der Waals surface area contributed by atoms with Crippen LogP contribution in [0.1, 0.15) is 16.7 Å². The molecule has 0 amide bonds. The molecule has 1 atom stereocenters. The Kier molecular flexibility index (Phi) is 5.58. The largest absolute Gasteiger partial charge is 0.508 e. The van der Waals surface area contributed by atoms with Crippen LogP contribution < -0.4 is 4.72 Å². The van der Waals surface area contributed by atoms with Gasteiger partial charge in [0.15, 0.2) is 0 Å². The summed E-state index contributed by atoms with van der Waals surface area (Å²) in [4.78, 5) is 11.4. The first-order valence-electron chi connectivity index (χ1n) is 7.31. The van der Waals surface area contributed by atoms with Gasteiger partial charge in [0.05, 0.1) is 5.75 Å². The van der Waals surface area contributed by atoms with E-state index in [1.54, 1.807) is 30.3 Å². The number of rotatable bonds is 7. The summed E-state index contributed by atoms with van der Waals surface area (Å²) in [7, 11) is -3.80. The number of hydrogen-bond acceptors (Lipinski definition) is 4. The molecule has 7 heteroatoms. The van der Waals surface area contributed by atoms with Crippen LogP contribution in [-0.2, 0) is 27.0 Å². The Balaban J connectivity index is 2.11. The van der Waals surface area contributed by atoms with Gasteiger partial charge in [0.1, 0.15) is 11.8 Å². The number of sulfonamides is 1. The lowest BCUT2D eigenvalue weighted by Crippen LogP contribution is -2.42. The number of carboxylic acid groups (broad SMARTS) is 1. The molecule has 0 aromatic heterocycles. The molecule has 0 saturated carbocycles. The number of benzene rings is 2. The Morgan fingerprint density at radius 3 is 2.38 bits per heavy atom. The van der Waals surface area contributed by atoms with Gasteiger partial charge < -0.3 is 10.2 Å². The van der Waals surface area contributed by atoms with Gasteiger partial charge in [0.2, 0.25) is 10.0 Å². The third-order valence-electron chi connectivity index (χ3n) is 3.44. The van der Waals surface area contributed by atoms with Crippen molar-refractivity contribution in [2.24, 2.45) is 0 Å². The Labute approximate surface area is 140 Å². The van der Waals surface area contributed by atoms with Gasteiger partial charge in [0.25, 0.3) is 0 Å². The molecule has 6 nitrogen and oxygen atoms in total. The van der Waals surface area contributed by atoms with Crippen molar-refractivity contribution in [3.05, 3.63) is 65.2 Å². The summed E-state index contributed by atoms with van der Waals surface area (Å²) in [5.41, 5.74) is 2.14. The normalized spacial score (nSPS) is 12.7. The summed E-state index contributed by atoms with van der Waals surface area (Å²) in [5, 5.41) is 18.5. The van der Waals surface area contributed by atoms with E-state index in [1.165, 1.54) is 12.1 Å². The van der Waals surface area contributed by atoms with Gasteiger partial charge in [-0.2, -0.15) is 0 Å². The average Bonchev–Trinajstić information content (AvgIpc) is 2.48. The molecule has 0 aliphatic carbocycles. The fourth-order valence-electron chi connectivity index (χ4n) is 2.33. The van der Waals surface area contributed by atoms with Crippen molar-refractivity contribution in [3.8, 4) is 5.75 Å². The van der Waals surface area contributed by atoms with Gasteiger partial charge >= 0.3 is 5.97 Å². The van der Waals surface area contributed by atoms with E-state index in [0.717, 1.165) is 5.56 Å². The Bertz CT molecular complexity index is 815. The van der Waals surface area contributed by atoms with Gasteiger partial charge in [-0.1, -0.05) is 42.0 Å². The van der Waals surface area contributed by atoms with Crippen LogP contribution in [0.25, 0.3) is 0 Å². The van der Waals surface area contributed by atoms with Crippen molar-refractivity contribution in [1.82, 2.24) is 4.72 Å². The number of hydrogen-bond donors (Lipinski definition) is 3. The number of phenols is 1. The molecule has 2 aromatic carbocycles. The molecule has 3 N–H and O–H groups in total. The van der Waals surface area contributed by atoms with Crippen LogP contribution in [0.5, 0.6) is 5.75 Å². The molecule has 2 aromatic rings. The number of phenolic OH excluding ortho intramolecular Hbond substituents is 1. The molecule has 128 valence electrons. The third-order valence-corrected chi connectivity index (χ3v) is 4.79. The molecule has 2 rings (SSSR count). The molecule has 0 heterocycles. The third kappa shape index (κ3) is 5.36. The zero-order valence-electron chi connectivity index (χ0n) is 13.1. The fraction of sp³-hybridized carbons (Fsp3) is 0.235. The minimum absolute atomic E-state index is 0.0112. The molecule has 0 aliphatic heterocycles. The van der Waals surface area contributed by atoms with Crippen molar-refractivity contribution < 1.29 is 23.4 Å². The second-order valence-corrected chi connectivity index (χ2v) is 7.38. The highest BCUT2D eigenvalue weighted by atomic mass is 32.2. The first-order chi connectivity index (χ1) is 11.2. The van der Waals surface area contributed by atoms with Crippen molar-refractivity contribution in [3.63, 3.8) is 0 Å². The SMILES string of the molecule is Cc1cccc(CS(=O)(=O)N[C@@H](Cc2ccc(O)cc2)C(=O)O)c1. The van der Waals surface area contributed by atoms with E-state index in [9.17, 15) is 23.4 Å². The maximum Gasteiger partial charge on any atom is 0.322 e. The quantitative estimate of drug-likeness (QED) is 0.707. The van der Waals surface area contributed by atoms with E-state index in [2.05, 4.69) is 4.72 Å². The smallest absolute Gasteiger partial charge is 0.322 e. The predicted octanol–water partition coefficient (Wildman–Crippen LogP) is 1.82. The summed E-state index contributed by atoms with van der Waals surface area (Å²) in [5.74, 6) is -1.48. The first-order valence-corrected chi connectivity index (χ1v) is 8.97. The van der Waals surface area contributed by atoms with E-state index in [-0.39, 0.29) is 17.9 Å². The lowest BCUT2D eigenvalue weighted by atomic mass is 10.1. The van der Waals surface area contributed by atoms with Gasteiger partial charge in [-0.05, 0) is 36.6 Å². The Morgan fingerprint density at radius 2 is 1.79 bits per heavy atom. The summed E-state index contributed by atoms with van der Waals surface area (Å²) < 4.78 is 26.7. The van der Waals surface area contributed by atoms with Crippen LogP contribution in [0.3, 0.4) is 0 Å². The van der Waals surface area contributed by atoms with Crippen molar-refractivity contribution in [2.45, 2.75) is 25.1 Å². The van der Waals surface area contributed by atoms with E-state index >= 15 is 0 Å². The van der Waals surface area contributed by atoms with E-state index in [0.29, 0.717) is 11.1 Å². The van der Waals surface area contributed by atoms with Crippen LogP contribution in [0.2, 0.25) is 0 Å². The molecule has 24 heavy (non-hydrogen) atoms. The molecule has 0 spiro atoms. The van der Waals surface area contributed by atoms with Gasteiger partial charge in [-0.25, -0.2) is 13.1 Å². The summed E-state index contributed by atoms with van der Waals surface area (Å²) in [6.07, 6.45) is -0.0112. The highest BCUT2D eigenvalue weighted by Gasteiger charge is 2.24. The number of nitrogens with one attached hydrogen (secondary N) is 1. The van der Waals surface area contributed by atoms with Crippen LogP contribution >= 0.6 is 0 Å². The average molecular weight is 349 g/mol. The summed E-state index contributed by atoms with van der Waals surface area (Å²) >= 11 is 0. The highest BCUT2D eigenvalue weighted by Crippen LogP contribution is 2.13. The van der Waals surface area contributed by atoms with Crippen LogP contribution in [0.15, 0.2) is 48.5 Å². The molecular weight excluding hydrogens is 330 g/mol. The predicted molar refractivity (Wildman–Crippen MR) is 90.2 cm³/mol. The van der Waals surface area contributed by atoms with Gasteiger partial charge in [-0.3, -0.25) is 4.79 Å². The van der Waals surface area contributed by atoms with Gasteiger partial charge in [-0.15, -0.1) is 0 Å². The van der Waals surface area contributed by atoms with Crippen LogP contribution in [0, 0.1) is 6.92 Å². The monoisotopic (exact) mass is 349 g/mol. The molecular formula is C17H19NO5S.